The molecule has 0 radical (unpaired) electrons. The van der Waals surface area contributed by atoms with Crippen molar-refractivity contribution >= 4 is 33.2 Å². The Morgan fingerprint density at radius 2 is 1.70 bits per heavy atom. The van der Waals surface area contributed by atoms with E-state index in [9.17, 15) is 18.0 Å². The van der Waals surface area contributed by atoms with Crippen LogP contribution in [0.3, 0.4) is 0 Å². The zero-order chi connectivity index (χ0) is 23.3. The van der Waals surface area contributed by atoms with Crippen LogP contribution in [0.5, 0.6) is 11.5 Å². The lowest BCUT2D eigenvalue weighted by molar-refractivity contribution is -0.115. The molecule has 0 fully saturated rings. The fourth-order valence-electron chi connectivity index (χ4n) is 3.00. The van der Waals surface area contributed by atoms with E-state index in [0.717, 1.165) is 0 Å². The van der Waals surface area contributed by atoms with E-state index in [1.54, 1.807) is 24.4 Å². The van der Waals surface area contributed by atoms with E-state index in [-0.39, 0.29) is 22.7 Å². The number of nitrogens with one attached hydrogen (secondary N) is 3. The number of amides is 2. The molecule has 3 N–H and O–H groups in total. The Hall–Kier alpha value is -4.12. The highest BCUT2D eigenvalue weighted by Crippen LogP contribution is 2.32. The van der Waals surface area contributed by atoms with Gasteiger partial charge in [-0.2, -0.15) is 0 Å². The summed E-state index contributed by atoms with van der Waals surface area (Å²) in [6.45, 7) is 0.525. The molecule has 0 unspecified atom stereocenters. The van der Waals surface area contributed by atoms with Crippen molar-refractivity contribution in [2.24, 2.45) is 0 Å². The Morgan fingerprint density at radius 3 is 2.42 bits per heavy atom. The number of ether oxygens (including phenoxy) is 2. The molecule has 3 aromatic rings. The van der Waals surface area contributed by atoms with Gasteiger partial charge in [0, 0.05) is 23.5 Å². The molecule has 10 nitrogen and oxygen atoms in total. The molecule has 4 rings (SSSR count). The molecule has 33 heavy (non-hydrogen) atoms. The highest BCUT2D eigenvalue weighted by Gasteiger charge is 2.19. The Bertz CT molecular complexity index is 1260. The average molecular weight is 468 g/mol. The monoisotopic (exact) mass is 468 g/mol. The molecule has 2 aromatic carbocycles. The van der Waals surface area contributed by atoms with Crippen molar-refractivity contribution in [2.75, 3.05) is 29.8 Å². The van der Waals surface area contributed by atoms with E-state index in [0.29, 0.717) is 30.4 Å². The van der Waals surface area contributed by atoms with Crippen molar-refractivity contribution in [3.05, 3.63) is 72.6 Å². The normalized spacial score (nSPS) is 12.5. The molecule has 1 aliphatic heterocycles. The number of pyridine rings is 1. The topological polar surface area (TPSA) is 136 Å². The van der Waals surface area contributed by atoms with Crippen molar-refractivity contribution in [2.45, 2.75) is 4.90 Å². The number of hydrogen-bond acceptors (Lipinski definition) is 7. The lowest BCUT2D eigenvalue weighted by atomic mass is 10.2. The van der Waals surface area contributed by atoms with Crippen LogP contribution < -0.4 is 24.8 Å². The van der Waals surface area contributed by atoms with Crippen molar-refractivity contribution in [1.82, 2.24) is 10.3 Å². The standard InChI is InChI=1S/C22H20N4O6S/c27-21(25-17-2-1-9-23-13-17)14-24-22(28)15-3-5-16(6-4-15)26-33(29,30)18-7-8-19-20(12-18)32-11-10-31-19/h1-9,12-13,26H,10-11,14H2,(H,24,28)(H,25,27). The van der Waals surface area contributed by atoms with Gasteiger partial charge in [0.15, 0.2) is 11.5 Å². The maximum atomic E-state index is 12.7. The molecule has 1 aliphatic rings. The number of nitrogens with zero attached hydrogens (tertiary/aromatic N) is 1. The molecule has 0 saturated heterocycles. The summed E-state index contributed by atoms with van der Waals surface area (Å²) in [4.78, 5) is 28.1. The molecule has 0 spiro atoms. The van der Waals surface area contributed by atoms with E-state index in [2.05, 4.69) is 20.3 Å². The molecule has 170 valence electrons. The second-order valence-electron chi connectivity index (χ2n) is 6.96. The second-order valence-corrected chi connectivity index (χ2v) is 8.64. The SMILES string of the molecule is O=C(CNC(=O)c1ccc(NS(=O)(=O)c2ccc3c(c2)OCCO3)cc1)Nc1cccnc1. The van der Waals surface area contributed by atoms with Gasteiger partial charge < -0.3 is 20.1 Å². The van der Waals surface area contributed by atoms with E-state index in [1.807, 2.05) is 0 Å². The fourth-order valence-corrected chi connectivity index (χ4v) is 4.07. The van der Waals surface area contributed by atoms with E-state index < -0.39 is 21.8 Å². The number of sulfonamides is 1. The summed E-state index contributed by atoms with van der Waals surface area (Å²) >= 11 is 0. The summed E-state index contributed by atoms with van der Waals surface area (Å²) in [7, 11) is -3.88. The summed E-state index contributed by atoms with van der Waals surface area (Å²) < 4.78 is 38.7. The van der Waals surface area contributed by atoms with Gasteiger partial charge in [0.1, 0.15) is 13.2 Å². The van der Waals surface area contributed by atoms with Crippen LogP contribution in [0.15, 0.2) is 71.9 Å². The van der Waals surface area contributed by atoms with Gasteiger partial charge in [-0.3, -0.25) is 19.3 Å². The Balaban J connectivity index is 1.34. The lowest BCUT2D eigenvalue weighted by Gasteiger charge is -2.19. The largest absolute Gasteiger partial charge is 0.486 e. The molecule has 0 saturated carbocycles. The van der Waals surface area contributed by atoms with Crippen molar-refractivity contribution in [3.63, 3.8) is 0 Å². The molecular formula is C22H20N4O6S. The summed E-state index contributed by atoms with van der Waals surface area (Å²) in [5, 5.41) is 5.11. The molecule has 0 bridgehead atoms. The van der Waals surface area contributed by atoms with Crippen LogP contribution in [0.4, 0.5) is 11.4 Å². The molecule has 2 amide bonds. The minimum absolute atomic E-state index is 0.0215. The minimum Gasteiger partial charge on any atom is -0.486 e. The lowest BCUT2D eigenvalue weighted by Crippen LogP contribution is -2.32. The van der Waals surface area contributed by atoms with Crippen molar-refractivity contribution in [3.8, 4) is 11.5 Å². The first-order chi connectivity index (χ1) is 15.9. The maximum absolute atomic E-state index is 12.7. The molecule has 1 aromatic heterocycles. The molecule has 0 aliphatic carbocycles. The van der Waals surface area contributed by atoms with Gasteiger partial charge >= 0.3 is 0 Å². The minimum atomic E-state index is -3.88. The van der Waals surface area contributed by atoms with Gasteiger partial charge in [0.05, 0.1) is 23.3 Å². The van der Waals surface area contributed by atoms with Gasteiger partial charge in [-0.15, -0.1) is 0 Å². The van der Waals surface area contributed by atoms with Gasteiger partial charge in [0.2, 0.25) is 5.91 Å². The van der Waals surface area contributed by atoms with Crippen LogP contribution in [0, 0.1) is 0 Å². The van der Waals surface area contributed by atoms with Gasteiger partial charge in [-0.25, -0.2) is 8.42 Å². The number of aromatic nitrogens is 1. The van der Waals surface area contributed by atoms with Crippen LogP contribution >= 0.6 is 0 Å². The highest BCUT2D eigenvalue weighted by molar-refractivity contribution is 7.92. The van der Waals surface area contributed by atoms with Crippen LogP contribution in [-0.2, 0) is 14.8 Å². The number of benzene rings is 2. The summed E-state index contributed by atoms with van der Waals surface area (Å²) in [6, 6.07) is 13.5. The molecular weight excluding hydrogens is 448 g/mol. The second kappa shape index (κ2) is 9.57. The predicted molar refractivity (Wildman–Crippen MR) is 120 cm³/mol. The summed E-state index contributed by atoms with van der Waals surface area (Å²) in [6.07, 6.45) is 3.07. The highest BCUT2D eigenvalue weighted by atomic mass is 32.2. The molecule has 2 heterocycles. The van der Waals surface area contributed by atoms with Gasteiger partial charge in [-0.05, 0) is 48.5 Å². The zero-order valence-corrected chi connectivity index (χ0v) is 18.1. The summed E-state index contributed by atoms with van der Waals surface area (Å²) in [5.41, 5.74) is 1.06. The number of rotatable bonds is 7. The number of carbonyl (C=O) groups is 2. The predicted octanol–water partition coefficient (Wildman–Crippen LogP) is 2.02. The van der Waals surface area contributed by atoms with Crippen LogP contribution in [0.2, 0.25) is 0 Å². The van der Waals surface area contributed by atoms with E-state index in [4.69, 9.17) is 9.47 Å². The Labute approximate surface area is 190 Å². The first kappa shape index (κ1) is 22.1. The quantitative estimate of drug-likeness (QED) is 0.483. The van der Waals surface area contributed by atoms with E-state index >= 15 is 0 Å². The van der Waals surface area contributed by atoms with Gasteiger partial charge in [0.25, 0.3) is 15.9 Å². The number of carbonyl (C=O) groups excluding carboxylic acids is 2. The van der Waals surface area contributed by atoms with E-state index in [1.165, 1.54) is 42.6 Å². The smallest absolute Gasteiger partial charge is 0.262 e. The molecule has 0 atom stereocenters. The third-order valence-corrected chi connectivity index (χ3v) is 5.96. The number of fused-ring (bicyclic) bond motifs is 1. The van der Waals surface area contributed by atoms with Crippen LogP contribution in [0.1, 0.15) is 10.4 Å². The number of anilines is 2. The average Bonchev–Trinajstić information content (AvgIpc) is 2.83. The van der Waals surface area contributed by atoms with Crippen molar-refractivity contribution in [1.29, 1.82) is 0 Å². The third-order valence-electron chi connectivity index (χ3n) is 4.58. The van der Waals surface area contributed by atoms with Crippen LogP contribution in [-0.4, -0.2) is 45.0 Å². The first-order valence-corrected chi connectivity index (χ1v) is 11.4. The number of hydrogen-bond donors (Lipinski definition) is 3. The molecule has 11 heteroatoms. The first-order valence-electron chi connectivity index (χ1n) is 9.91. The van der Waals surface area contributed by atoms with Crippen LogP contribution in [0.25, 0.3) is 0 Å². The maximum Gasteiger partial charge on any atom is 0.262 e. The Morgan fingerprint density at radius 1 is 0.939 bits per heavy atom. The summed E-state index contributed by atoms with van der Waals surface area (Å²) in [5.74, 6) is -0.0221. The van der Waals surface area contributed by atoms with Crippen molar-refractivity contribution < 1.29 is 27.5 Å². The fraction of sp³-hybridized carbons (Fsp3) is 0.136. The van der Waals surface area contributed by atoms with Gasteiger partial charge in [-0.1, -0.05) is 0 Å². The Kier molecular flexibility index (Phi) is 6.41. The zero-order valence-electron chi connectivity index (χ0n) is 17.3. The third kappa shape index (κ3) is 5.57.